The molecule has 1 aromatic carbocycles. The van der Waals surface area contributed by atoms with E-state index in [9.17, 15) is 9.59 Å². The molecule has 26 heavy (non-hydrogen) atoms. The molecule has 0 spiro atoms. The lowest BCUT2D eigenvalue weighted by molar-refractivity contribution is -0.117. The van der Waals surface area contributed by atoms with Crippen molar-refractivity contribution < 1.29 is 9.59 Å². The van der Waals surface area contributed by atoms with E-state index >= 15 is 0 Å². The molecule has 0 aliphatic carbocycles. The van der Waals surface area contributed by atoms with Gasteiger partial charge < -0.3 is 21.7 Å². The summed E-state index contributed by atoms with van der Waals surface area (Å²) in [6.45, 7) is 5.71. The summed E-state index contributed by atoms with van der Waals surface area (Å²) in [7, 11) is 1.74. The van der Waals surface area contributed by atoms with Gasteiger partial charge in [0.15, 0.2) is 5.96 Å². The van der Waals surface area contributed by atoms with E-state index in [-0.39, 0.29) is 36.4 Å². The maximum Gasteiger partial charge on any atom is 0.251 e. The van der Waals surface area contributed by atoms with Gasteiger partial charge in [-0.05, 0) is 23.6 Å². The summed E-state index contributed by atoms with van der Waals surface area (Å²) < 4.78 is 0. The van der Waals surface area contributed by atoms with Crippen LogP contribution in [-0.4, -0.2) is 37.9 Å². The van der Waals surface area contributed by atoms with Crippen LogP contribution in [0, 0.1) is 5.92 Å². The van der Waals surface area contributed by atoms with E-state index in [1.165, 1.54) is 0 Å². The minimum atomic E-state index is -0.568. The molecule has 0 saturated carbocycles. The zero-order valence-electron chi connectivity index (χ0n) is 15.7. The summed E-state index contributed by atoms with van der Waals surface area (Å²) in [4.78, 5) is 26.7. The number of nitrogens with zero attached hydrogens (tertiary/aromatic N) is 1. The molecule has 0 fully saturated rings. The molecule has 0 aliphatic rings. The van der Waals surface area contributed by atoms with Crippen LogP contribution in [0.4, 0.5) is 0 Å². The van der Waals surface area contributed by atoms with E-state index in [0.29, 0.717) is 18.0 Å². The third kappa shape index (κ3) is 9.02. The van der Waals surface area contributed by atoms with Crippen molar-refractivity contribution >= 4 is 41.8 Å². The minimum absolute atomic E-state index is 0. The molecule has 1 aromatic rings. The highest BCUT2D eigenvalue weighted by Crippen LogP contribution is 2.06. The Bertz CT molecular complexity index is 586. The van der Waals surface area contributed by atoms with Crippen molar-refractivity contribution in [2.45, 2.75) is 33.2 Å². The van der Waals surface area contributed by atoms with Crippen molar-refractivity contribution in [2.24, 2.45) is 16.6 Å². The van der Waals surface area contributed by atoms with Gasteiger partial charge in [-0.1, -0.05) is 38.8 Å². The molecule has 8 heteroatoms. The summed E-state index contributed by atoms with van der Waals surface area (Å²) in [5.41, 5.74) is 6.52. The fraction of sp³-hybridized carbons (Fsp3) is 0.500. The number of amides is 2. The first-order valence-corrected chi connectivity index (χ1v) is 8.60. The molecule has 0 atom stereocenters. The summed E-state index contributed by atoms with van der Waals surface area (Å²) in [6, 6.07) is 7.15. The van der Waals surface area contributed by atoms with Gasteiger partial charge in [0.1, 0.15) is 0 Å². The lowest BCUT2D eigenvalue weighted by Crippen LogP contribution is -2.39. The van der Waals surface area contributed by atoms with Crippen LogP contribution in [0.3, 0.4) is 0 Å². The molecule has 0 saturated heterocycles. The average molecular weight is 475 g/mol. The van der Waals surface area contributed by atoms with Gasteiger partial charge in [-0.15, -0.1) is 24.0 Å². The maximum absolute atomic E-state index is 11.8. The quantitative estimate of drug-likeness (QED) is 0.247. The maximum atomic E-state index is 11.8. The Labute approximate surface area is 172 Å². The number of carbonyl (C=O) groups excluding carboxylic acids is 2. The summed E-state index contributed by atoms with van der Waals surface area (Å²) in [5.74, 6) is 0.509. The van der Waals surface area contributed by atoms with Crippen LogP contribution in [0.5, 0.6) is 0 Å². The molecular formula is C18H30IN5O2. The van der Waals surface area contributed by atoms with E-state index < -0.39 is 5.91 Å². The zero-order valence-corrected chi connectivity index (χ0v) is 18.0. The van der Waals surface area contributed by atoms with Gasteiger partial charge >= 0.3 is 0 Å². The van der Waals surface area contributed by atoms with Gasteiger partial charge in [-0.25, -0.2) is 0 Å². The van der Waals surface area contributed by atoms with Gasteiger partial charge in [0.25, 0.3) is 5.91 Å². The van der Waals surface area contributed by atoms with E-state index in [4.69, 9.17) is 5.73 Å². The van der Waals surface area contributed by atoms with Crippen LogP contribution >= 0.6 is 24.0 Å². The predicted molar refractivity (Wildman–Crippen MR) is 116 cm³/mol. The largest absolute Gasteiger partial charge is 0.368 e. The highest BCUT2D eigenvalue weighted by atomic mass is 127. The van der Waals surface area contributed by atoms with Gasteiger partial charge in [-0.3, -0.25) is 14.6 Å². The Morgan fingerprint density at radius 1 is 1.08 bits per heavy atom. The summed E-state index contributed by atoms with van der Waals surface area (Å²) in [5, 5.41) is 9.04. The van der Waals surface area contributed by atoms with Gasteiger partial charge in [0.2, 0.25) is 5.91 Å². The topological polar surface area (TPSA) is 109 Å². The number of nitrogens with two attached hydrogens (primary N) is 1. The Kier molecular flexibility index (Phi) is 12.4. The van der Waals surface area contributed by atoms with Crippen LogP contribution in [0.15, 0.2) is 29.3 Å². The molecular weight excluding hydrogens is 445 g/mol. The Hall–Kier alpha value is -1.84. The SMILES string of the molecule is CCC(CC)CNC(=NC)NCc1ccc(C(=O)NCC(N)=O)cc1.I. The predicted octanol–water partition coefficient (Wildman–Crippen LogP) is 1.62. The van der Waals surface area contributed by atoms with Crippen molar-refractivity contribution in [3.63, 3.8) is 0 Å². The van der Waals surface area contributed by atoms with Crippen LogP contribution in [0.25, 0.3) is 0 Å². The van der Waals surface area contributed by atoms with E-state index in [0.717, 1.165) is 30.9 Å². The second-order valence-electron chi connectivity index (χ2n) is 5.84. The Balaban J connectivity index is 0.00000625. The standard InChI is InChI=1S/C18H29N5O2.HI/c1-4-13(5-2)10-22-18(20-3)23-11-14-6-8-15(9-7-14)17(25)21-12-16(19)24;/h6-9,13H,4-5,10-12H2,1-3H3,(H2,19,24)(H,21,25)(H2,20,22,23);1H. The molecule has 0 aromatic heterocycles. The van der Waals surface area contributed by atoms with Crippen LogP contribution in [0.1, 0.15) is 42.6 Å². The van der Waals surface area contributed by atoms with Crippen molar-refractivity contribution in [3.8, 4) is 0 Å². The molecule has 146 valence electrons. The number of guanidine groups is 1. The fourth-order valence-electron chi connectivity index (χ4n) is 2.27. The third-order valence-electron chi connectivity index (χ3n) is 4.04. The molecule has 0 heterocycles. The molecule has 7 nitrogen and oxygen atoms in total. The van der Waals surface area contributed by atoms with E-state index in [1.807, 2.05) is 12.1 Å². The first-order valence-electron chi connectivity index (χ1n) is 8.60. The number of hydrogen-bond acceptors (Lipinski definition) is 3. The first-order chi connectivity index (χ1) is 12.0. The van der Waals surface area contributed by atoms with Crippen molar-refractivity contribution in [3.05, 3.63) is 35.4 Å². The number of hydrogen-bond donors (Lipinski definition) is 4. The monoisotopic (exact) mass is 475 g/mol. The number of rotatable bonds is 9. The van der Waals surface area contributed by atoms with Gasteiger partial charge in [0.05, 0.1) is 6.54 Å². The first kappa shape index (κ1) is 24.2. The van der Waals surface area contributed by atoms with E-state index in [2.05, 4.69) is 34.8 Å². The van der Waals surface area contributed by atoms with Crippen molar-refractivity contribution in [1.29, 1.82) is 0 Å². The molecule has 1 rings (SSSR count). The zero-order chi connectivity index (χ0) is 18.7. The summed E-state index contributed by atoms with van der Waals surface area (Å²) in [6.07, 6.45) is 2.28. The van der Waals surface area contributed by atoms with Crippen LogP contribution < -0.4 is 21.7 Å². The number of primary amides is 1. The van der Waals surface area contributed by atoms with Crippen molar-refractivity contribution in [1.82, 2.24) is 16.0 Å². The smallest absolute Gasteiger partial charge is 0.251 e. The Morgan fingerprint density at radius 3 is 2.19 bits per heavy atom. The number of carbonyl (C=O) groups is 2. The summed E-state index contributed by atoms with van der Waals surface area (Å²) >= 11 is 0. The molecule has 0 bridgehead atoms. The number of nitrogens with one attached hydrogen (secondary N) is 3. The molecule has 0 radical (unpaired) electrons. The second-order valence-corrected chi connectivity index (χ2v) is 5.84. The molecule has 5 N–H and O–H groups in total. The number of aliphatic imine (C=N–C) groups is 1. The number of benzene rings is 1. The Morgan fingerprint density at radius 2 is 1.69 bits per heavy atom. The average Bonchev–Trinajstić information content (AvgIpc) is 2.63. The van der Waals surface area contributed by atoms with Crippen molar-refractivity contribution in [2.75, 3.05) is 20.1 Å². The second kappa shape index (κ2) is 13.4. The van der Waals surface area contributed by atoms with Gasteiger partial charge in [0, 0.05) is 25.7 Å². The highest BCUT2D eigenvalue weighted by Gasteiger charge is 2.07. The lowest BCUT2D eigenvalue weighted by atomic mass is 10.0. The van der Waals surface area contributed by atoms with Gasteiger partial charge in [-0.2, -0.15) is 0 Å². The van der Waals surface area contributed by atoms with E-state index in [1.54, 1.807) is 19.2 Å². The molecule has 2 amide bonds. The molecule has 0 unspecified atom stereocenters. The molecule has 0 aliphatic heterocycles. The normalized spacial score (nSPS) is 10.8. The number of halogens is 1. The van der Waals surface area contributed by atoms with Crippen LogP contribution in [0.2, 0.25) is 0 Å². The highest BCUT2D eigenvalue weighted by molar-refractivity contribution is 14.0. The fourth-order valence-corrected chi connectivity index (χ4v) is 2.27. The van der Waals surface area contributed by atoms with Crippen LogP contribution in [-0.2, 0) is 11.3 Å². The lowest BCUT2D eigenvalue weighted by Gasteiger charge is -2.16. The minimum Gasteiger partial charge on any atom is -0.368 e. The third-order valence-corrected chi connectivity index (χ3v) is 4.04.